The van der Waals surface area contributed by atoms with Gasteiger partial charge in [0.25, 0.3) is 0 Å². The summed E-state index contributed by atoms with van der Waals surface area (Å²) in [6.45, 7) is 2.62. The highest BCUT2D eigenvalue weighted by Gasteiger charge is 2.08. The molecule has 0 fully saturated rings. The van der Waals surface area contributed by atoms with E-state index in [2.05, 4.69) is 15.3 Å². The summed E-state index contributed by atoms with van der Waals surface area (Å²) in [7, 11) is 1.98. The SMILES string of the molecule is Cc1cccc(N=Nc2cnn(Cc3ccc[n+](C)c3)c2N)c1. The van der Waals surface area contributed by atoms with Crippen LogP contribution in [0.2, 0.25) is 0 Å². The molecule has 116 valence electrons. The van der Waals surface area contributed by atoms with Gasteiger partial charge in [0.15, 0.2) is 12.4 Å². The summed E-state index contributed by atoms with van der Waals surface area (Å²) in [5.41, 5.74) is 9.76. The first kappa shape index (κ1) is 14.9. The lowest BCUT2D eigenvalue weighted by Gasteiger charge is -2.03. The van der Waals surface area contributed by atoms with Gasteiger partial charge in [-0.25, -0.2) is 9.25 Å². The fourth-order valence-corrected chi connectivity index (χ4v) is 2.31. The van der Waals surface area contributed by atoms with Gasteiger partial charge in [-0.05, 0) is 30.7 Å². The monoisotopic (exact) mass is 307 g/mol. The molecule has 2 aromatic heterocycles. The van der Waals surface area contributed by atoms with Gasteiger partial charge in [-0.15, -0.1) is 5.11 Å². The summed E-state index contributed by atoms with van der Waals surface area (Å²) in [4.78, 5) is 0. The zero-order valence-electron chi connectivity index (χ0n) is 13.2. The maximum Gasteiger partial charge on any atom is 0.173 e. The molecule has 0 spiro atoms. The van der Waals surface area contributed by atoms with Gasteiger partial charge in [0.1, 0.15) is 18.6 Å². The zero-order valence-corrected chi connectivity index (χ0v) is 13.2. The van der Waals surface area contributed by atoms with E-state index < -0.39 is 0 Å². The smallest absolute Gasteiger partial charge is 0.173 e. The number of hydrogen-bond acceptors (Lipinski definition) is 4. The van der Waals surface area contributed by atoms with E-state index in [4.69, 9.17) is 5.73 Å². The minimum absolute atomic E-state index is 0.507. The zero-order chi connectivity index (χ0) is 16.2. The van der Waals surface area contributed by atoms with Crippen LogP contribution in [-0.2, 0) is 13.6 Å². The van der Waals surface area contributed by atoms with E-state index in [1.165, 1.54) is 0 Å². The Labute approximate surface area is 134 Å². The second kappa shape index (κ2) is 6.39. The molecule has 0 bridgehead atoms. The summed E-state index contributed by atoms with van der Waals surface area (Å²) >= 11 is 0. The van der Waals surface area contributed by atoms with Crippen LogP contribution in [0.3, 0.4) is 0 Å². The Hall–Kier alpha value is -3.02. The van der Waals surface area contributed by atoms with E-state index in [0.29, 0.717) is 18.1 Å². The van der Waals surface area contributed by atoms with E-state index in [9.17, 15) is 0 Å². The molecule has 23 heavy (non-hydrogen) atoms. The van der Waals surface area contributed by atoms with Crippen LogP contribution >= 0.6 is 0 Å². The van der Waals surface area contributed by atoms with Crippen LogP contribution in [0.5, 0.6) is 0 Å². The van der Waals surface area contributed by atoms with Crippen LogP contribution in [0.25, 0.3) is 0 Å². The van der Waals surface area contributed by atoms with Gasteiger partial charge < -0.3 is 5.73 Å². The highest BCUT2D eigenvalue weighted by Crippen LogP contribution is 2.24. The molecule has 0 amide bonds. The third kappa shape index (κ3) is 3.60. The molecule has 2 heterocycles. The number of anilines is 1. The third-order valence-electron chi connectivity index (χ3n) is 3.47. The lowest BCUT2D eigenvalue weighted by Crippen LogP contribution is -2.27. The normalized spacial score (nSPS) is 11.2. The number of hydrogen-bond donors (Lipinski definition) is 1. The van der Waals surface area contributed by atoms with Crippen LogP contribution in [-0.4, -0.2) is 9.78 Å². The molecule has 0 unspecified atom stereocenters. The van der Waals surface area contributed by atoms with Gasteiger partial charge in [-0.1, -0.05) is 12.1 Å². The third-order valence-corrected chi connectivity index (χ3v) is 3.47. The lowest BCUT2D eigenvalue weighted by molar-refractivity contribution is -0.671. The van der Waals surface area contributed by atoms with Crippen molar-refractivity contribution in [2.45, 2.75) is 13.5 Å². The minimum atomic E-state index is 0.507. The first-order chi connectivity index (χ1) is 11.1. The van der Waals surface area contributed by atoms with Crippen molar-refractivity contribution in [2.75, 3.05) is 5.73 Å². The number of nitrogens with two attached hydrogens (primary N) is 1. The largest absolute Gasteiger partial charge is 0.382 e. The average molecular weight is 307 g/mol. The van der Waals surface area contributed by atoms with Gasteiger partial charge in [-0.3, -0.25) is 0 Å². The molecule has 3 rings (SSSR count). The van der Waals surface area contributed by atoms with Crippen molar-refractivity contribution >= 4 is 17.2 Å². The molecule has 6 nitrogen and oxygen atoms in total. The molecular weight excluding hydrogens is 288 g/mol. The molecule has 0 aliphatic carbocycles. The standard InChI is InChI=1S/C17H19N6/c1-13-5-3-7-15(9-13)20-21-16-10-19-23(17(16)18)12-14-6-4-8-22(2)11-14/h3-11H,12,18H2,1-2H3/q+1. The van der Waals surface area contributed by atoms with E-state index in [1.54, 1.807) is 10.9 Å². The summed E-state index contributed by atoms with van der Waals surface area (Å²) in [5, 5.41) is 12.7. The highest BCUT2D eigenvalue weighted by atomic mass is 15.3. The van der Waals surface area contributed by atoms with Gasteiger partial charge >= 0.3 is 0 Å². The van der Waals surface area contributed by atoms with Crippen molar-refractivity contribution in [1.82, 2.24) is 9.78 Å². The van der Waals surface area contributed by atoms with Crippen LogP contribution in [0.1, 0.15) is 11.1 Å². The molecule has 2 N–H and O–H groups in total. The highest BCUT2D eigenvalue weighted by molar-refractivity contribution is 5.56. The van der Waals surface area contributed by atoms with Gasteiger partial charge in [0.05, 0.1) is 18.4 Å². The number of pyridine rings is 1. The molecule has 0 saturated carbocycles. The molecule has 0 aliphatic heterocycles. The summed E-state index contributed by atoms with van der Waals surface area (Å²) in [5.74, 6) is 0.507. The number of benzene rings is 1. The second-order valence-electron chi connectivity index (χ2n) is 5.49. The Morgan fingerprint density at radius 3 is 2.87 bits per heavy atom. The number of aryl methyl sites for hydroxylation is 2. The van der Waals surface area contributed by atoms with E-state index in [1.807, 2.05) is 67.3 Å². The van der Waals surface area contributed by atoms with Crippen molar-refractivity contribution in [3.8, 4) is 0 Å². The van der Waals surface area contributed by atoms with Crippen LogP contribution < -0.4 is 10.3 Å². The Morgan fingerprint density at radius 1 is 1.22 bits per heavy atom. The van der Waals surface area contributed by atoms with Gasteiger partial charge in [-0.2, -0.15) is 10.2 Å². The molecule has 6 heteroatoms. The van der Waals surface area contributed by atoms with Crippen molar-refractivity contribution in [2.24, 2.45) is 17.3 Å². The van der Waals surface area contributed by atoms with E-state index >= 15 is 0 Å². The number of rotatable bonds is 4. The number of nitrogen functional groups attached to an aromatic ring is 1. The topological polar surface area (TPSA) is 72.4 Å². The summed E-state index contributed by atoms with van der Waals surface area (Å²) in [6.07, 6.45) is 5.66. The maximum absolute atomic E-state index is 6.12. The predicted molar refractivity (Wildman–Crippen MR) is 88.7 cm³/mol. The Bertz CT molecular complexity index is 850. The molecule has 3 aromatic rings. The van der Waals surface area contributed by atoms with Crippen molar-refractivity contribution in [3.05, 3.63) is 66.1 Å². The summed E-state index contributed by atoms with van der Waals surface area (Å²) in [6, 6.07) is 11.9. The first-order valence-corrected chi connectivity index (χ1v) is 7.36. The summed E-state index contributed by atoms with van der Waals surface area (Å²) < 4.78 is 3.72. The molecular formula is C17H19N6+. The Morgan fingerprint density at radius 2 is 2.09 bits per heavy atom. The number of nitrogens with zero attached hydrogens (tertiary/aromatic N) is 5. The van der Waals surface area contributed by atoms with Crippen LogP contribution in [0, 0.1) is 6.92 Å². The van der Waals surface area contributed by atoms with E-state index in [0.717, 1.165) is 16.8 Å². The number of aromatic nitrogens is 3. The molecule has 0 saturated heterocycles. The number of azo groups is 1. The fraction of sp³-hybridized carbons (Fsp3) is 0.176. The quantitative estimate of drug-likeness (QED) is 0.594. The minimum Gasteiger partial charge on any atom is -0.382 e. The Kier molecular flexibility index (Phi) is 4.14. The van der Waals surface area contributed by atoms with Gasteiger partial charge in [0, 0.05) is 11.6 Å². The van der Waals surface area contributed by atoms with E-state index in [-0.39, 0.29) is 0 Å². The van der Waals surface area contributed by atoms with Crippen molar-refractivity contribution in [3.63, 3.8) is 0 Å². The predicted octanol–water partition coefficient (Wildman–Crippen LogP) is 3.06. The molecule has 0 atom stereocenters. The van der Waals surface area contributed by atoms with Crippen molar-refractivity contribution in [1.29, 1.82) is 0 Å². The van der Waals surface area contributed by atoms with Crippen LogP contribution in [0.4, 0.5) is 17.2 Å². The molecule has 1 aromatic carbocycles. The van der Waals surface area contributed by atoms with Crippen molar-refractivity contribution < 1.29 is 4.57 Å². The second-order valence-corrected chi connectivity index (χ2v) is 5.49. The van der Waals surface area contributed by atoms with Crippen LogP contribution in [0.15, 0.2) is 65.2 Å². The average Bonchev–Trinajstić information content (AvgIpc) is 2.86. The van der Waals surface area contributed by atoms with Gasteiger partial charge in [0.2, 0.25) is 0 Å². The molecule has 0 aliphatic rings. The maximum atomic E-state index is 6.12. The lowest BCUT2D eigenvalue weighted by atomic mass is 10.2. The Balaban J connectivity index is 1.79. The first-order valence-electron chi connectivity index (χ1n) is 7.36. The molecule has 0 radical (unpaired) electrons. The fourth-order valence-electron chi connectivity index (χ4n) is 2.31.